The summed E-state index contributed by atoms with van der Waals surface area (Å²) < 4.78 is 4.37. The summed E-state index contributed by atoms with van der Waals surface area (Å²) in [5.41, 5.74) is 4.61. The standard InChI is InChI=1S/C7H9N3O4/c1-14-4(11)2-3-9-5(6(8)12)7(13)10-3/h13H,2H2,1H3,(H2,8,12)(H,9,10). The molecule has 0 aromatic carbocycles. The molecule has 0 saturated heterocycles. The Morgan fingerprint density at radius 2 is 2.29 bits per heavy atom. The summed E-state index contributed by atoms with van der Waals surface area (Å²) in [6.07, 6.45) is -0.155. The number of hydrogen-bond acceptors (Lipinski definition) is 5. The second kappa shape index (κ2) is 3.77. The topological polar surface area (TPSA) is 118 Å². The molecule has 0 radical (unpaired) electrons. The van der Waals surface area contributed by atoms with Crippen molar-refractivity contribution in [3.8, 4) is 5.88 Å². The highest BCUT2D eigenvalue weighted by Gasteiger charge is 2.15. The molecule has 4 N–H and O–H groups in total. The van der Waals surface area contributed by atoms with Crippen LogP contribution in [0, 0.1) is 0 Å². The Kier molecular flexibility index (Phi) is 2.70. The van der Waals surface area contributed by atoms with Crippen molar-refractivity contribution in [1.29, 1.82) is 0 Å². The summed E-state index contributed by atoms with van der Waals surface area (Å²) >= 11 is 0. The number of amides is 1. The lowest BCUT2D eigenvalue weighted by Gasteiger charge is -1.93. The zero-order chi connectivity index (χ0) is 10.7. The summed E-state index contributed by atoms with van der Waals surface area (Å²) in [6.45, 7) is 0. The minimum absolute atomic E-state index is 0.128. The van der Waals surface area contributed by atoms with Crippen molar-refractivity contribution in [2.75, 3.05) is 7.11 Å². The first-order chi connectivity index (χ1) is 6.54. The lowest BCUT2D eigenvalue weighted by Crippen LogP contribution is -2.12. The molecule has 0 spiro atoms. The summed E-state index contributed by atoms with van der Waals surface area (Å²) in [7, 11) is 1.22. The maximum Gasteiger partial charge on any atom is 0.313 e. The third-order valence-corrected chi connectivity index (χ3v) is 1.51. The molecule has 1 amide bonds. The number of aromatic nitrogens is 2. The average molecular weight is 199 g/mol. The molecular weight excluding hydrogens is 190 g/mol. The molecule has 1 aromatic rings. The number of H-pyrrole nitrogens is 1. The maximum atomic E-state index is 10.8. The number of imidazole rings is 1. The largest absolute Gasteiger partial charge is 0.493 e. The number of nitrogens with two attached hydrogens (primary N) is 1. The van der Waals surface area contributed by atoms with Crippen LogP contribution >= 0.6 is 0 Å². The van der Waals surface area contributed by atoms with E-state index in [-0.39, 0.29) is 17.9 Å². The van der Waals surface area contributed by atoms with Crippen molar-refractivity contribution in [1.82, 2.24) is 9.97 Å². The Balaban J connectivity index is 2.86. The highest BCUT2D eigenvalue weighted by atomic mass is 16.5. The average Bonchev–Trinajstić information content (AvgIpc) is 2.46. The molecule has 0 bridgehead atoms. The first-order valence-electron chi connectivity index (χ1n) is 3.69. The van der Waals surface area contributed by atoms with Crippen LogP contribution in [0.5, 0.6) is 5.88 Å². The minimum Gasteiger partial charge on any atom is -0.493 e. The molecule has 0 atom stereocenters. The number of esters is 1. The highest BCUT2D eigenvalue weighted by molar-refractivity contribution is 5.93. The summed E-state index contributed by atoms with van der Waals surface area (Å²) in [4.78, 5) is 27.4. The van der Waals surface area contributed by atoms with Crippen LogP contribution in [0.25, 0.3) is 0 Å². The molecule has 1 aromatic heterocycles. The molecule has 7 nitrogen and oxygen atoms in total. The second-order valence-corrected chi connectivity index (χ2v) is 2.50. The van der Waals surface area contributed by atoms with Gasteiger partial charge < -0.3 is 20.6 Å². The SMILES string of the molecule is COC(=O)Cc1nc(C(N)=O)c(O)[nH]1. The molecule has 14 heavy (non-hydrogen) atoms. The van der Waals surface area contributed by atoms with Crippen molar-refractivity contribution < 1.29 is 19.4 Å². The van der Waals surface area contributed by atoms with Crippen LogP contribution in [-0.4, -0.2) is 34.1 Å². The molecule has 0 unspecified atom stereocenters. The van der Waals surface area contributed by atoms with E-state index < -0.39 is 17.8 Å². The van der Waals surface area contributed by atoms with Gasteiger partial charge in [0.1, 0.15) is 12.2 Å². The van der Waals surface area contributed by atoms with E-state index in [9.17, 15) is 9.59 Å². The van der Waals surface area contributed by atoms with Gasteiger partial charge in [0.05, 0.1) is 7.11 Å². The van der Waals surface area contributed by atoms with E-state index in [0.717, 1.165) is 0 Å². The van der Waals surface area contributed by atoms with E-state index in [4.69, 9.17) is 10.8 Å². The van der Waals surface area contributed by atoms with Crippen molar-refractivity contribution in [3.05, 3.63) is 11.5 Å². The fraction of sp³-hybridized carbons (Fsp3) is 0.286. The molecule has 0 saturated carbocycles. The number of nitrogens with one attached hydrogen (secondary N) is 1. The normalized spacial score (nSPS) is 9.79. The Labute approximate surface area is 78.9 Å². The number of primary amides is 1. The maximum absolute atomic E-state index is 10.8. The monoisotopic (exact) mass is 199 g/mol. The Hall–Kier alpha value is -2.05. The van der Waals surface area contributed by atoms with Gasteiger partial charge in [-0.05, 0) is 0 Å². The van der Waals surface area contributed by atoms with E-state index in [1.807, 2.05) is 0 Å². The summed E-state index contributed by atoms with van der Waals surface area (Å²) in [5, 5.41) is 9.12. The van der Waals surface area contributed by atoms with Crippen LogP contribution in [0.2, 0.25) is 0 Å². The molecule has 0 aliphatic rings. The van der Waals surface area contributed by atoms with Crippen LogP contribution in [0.1, 0.15) is 16.3 Å². The van der Waals surface area contributed by atoms with Gasteiger partial charge in [-0.3, -0.25) is 9.59 Å². The zero-order valence-electron chi connectivity index (χ0n) is 7.40. The molecule has 0 aliphatic carbocycles. The number of carbonyl (C=O) groups excluding carboxylic acids is 2. The molecule has 0 fully saturated rings. The van der Waals surface area contributed by atoms with Crippen LogP contribution in [0.15, 0.2) is 0 Å². The van der Waals surface area contributed by atoms with Crippen molar-refractivity contribution in [2.45, 2.75) is 6.42 Å². The van der Waals surface area contributed by atoms with E-state index in [1.165, 1.54) is 7.11 Å². The quantitative estimate of drug-likeness (QED) is 0.535. The first kappa shape index (κ1) is 10.0. The minimum atomic E-state index is -0.866. The van der Waals surface area contributed by atoms with Crippen LogP contribution in [0.4, 0.5) is 0 Å². The number of carbonyl (C=O) groups is 2. The van der Waals surface area contributed by atoms with E-state index in [0.29, 0.717) is 0 Å². The highest BCUT2D eigenvalue weighted by Crippen LogP contribution is 2.12. The van der Waals surface area contributed by atoms with Gasteiger partial charge in [-0.15, -0.1) is 0 Å². The van der Waals surface area contributed by atoms with E-state index >= 15 is 0 Å². The molecule has 76 valence electrons. The number of nitrogens with zero attached hydrogens (tertiary/aromatic N) is 1. The molecule has 1 heterocycles. The van der Waals surface area contributed by atoms with Gasteiger partial charge in [-0.25, -0.2) is 4.98 Å². The van der Waals surface area contributed by atoms with Crippen LogP contribution in [-0.2, 0) is 16.0 Å². The third kappa shape index (κ3) is 2.00. The molecule has 1 rings (SSSR count). The van der Waals surface area contributed by atoms with Gasteiger partial charge in [0, 0.05) is 0 Å². The van der Waals surface area contributed by atoms with Crippen molar-refractivity contribution >= 4 is 11.9 Å². The van der Waals surface area contributed by atoms with Crippen molar-refractivity contribution in [2.24, 2.45) is 5.73 Å². The third-order valence-electron chi connectivity index (χ3n) is 1.51. The van der Waals surface area contributed by atoms with E-state index in [1.54, 1.807) is 0 Å². The second-order valence-electron chi connectivity index (χ2n) is 2.50. The Bertz CT molecular complexity index is 371. The predicted octanol–water partition coefficient (Wildman–Crippen LogP) is -1.07. The lowest BCUT2D eigenvalue weighted by molar-refractivity contribution is -0.139. The van der Waals surface area contributed by atoms with Gasteiger partial charge in [0.25, 0.3) is 5.91 Å². The molecule has 7 heteroatoms. The zero-order valence-corrected chi connectivity index (χ0v) is 7.40. The van der Waals surface area contributed by atoms with E-state index in [2.05, 4.69) is 14.7 Å². The van der Waals surface area contributed by atoms with Gasteiger partial charge in [-0.2, -0.15) is 0 Å². The lowest BCUT2D eigenvalue weighted by atomic mass is 10.4. The first-order valence-corrected chi connectivity index (χ1v) is 3.69. The number of aromatic amines is 1. The van der Waals surface area contributed by atoms with Gasteiger partial charge in [0.2, 0.25) is 5.88 Å². The number of methoxy groups -OCH3 is 1. The number of hydrogen-bond donors (Lipinski definition) is 3. The van der Waals surface area contributed by atoms with Gasteiger partial charge in [0.15, 0.2) is 5.69 Å². The molecular formula is C7H9N3O4. The number of rotatable bonds is 3. The Morgan fingerprint density at radius 1 is 1.64 bits per heavy atom. The van der Waals surface area contributed by atoms with Crippen molar-refractivity contribution in [3.63, 3.8) is 0 Å². The van der Waals surface area contributed by atoms with Crippen LogP contribution in [0.3, 0.4) is 0 Å². The summed E-state index contributed by atoms with van der Waals surface area (Å²) in [6, 6.07) is 0. The van der Waals surface area contributed by atoms with Crippen LogP contribution < -0.4 is 5.73 Å². The fourth-order valence-corrected chi connectivity index (χ4v) is 0.876. The predicted molar refractivity (Wildman–Crippen MR) is 44.5 cm³/mol. The number of ether oxygens (including phenoxy) is 1. The smallest absolute Gasteiger partial charge is 0.313 e. The van der Waals surface area contributed by atoms with Gasteiger partial charge >= 0.3 is 5.97 Å². The number of aromatic hydroxyl groups is 1. The fourth-order valence-electron chi connectivity index (χ4n) is 0.876. The summed E-state index contributed by atoms with van der Waals surface area (Å²) in [5.74, 6) is -1.72. The molecule has 0 aliphatic heterocycles. The Morgan fingerprint density at radius 3 is 2.71 bits per heavy atom. The van der Waals surface area contributed by atoms with Gasteiger partial charge in [-0.1, -0.05) is 0 Å².